The molecule has 0 aromatic heterocycles. The monoisotopic (exact) mass is 335 g/mol. The number of hydrogen-bond donors (Lipinski definition) is 1. The van der Waals surface area contributed by atoms with Gasteiger partial charge in [0.25, 0.3) is 0 Å². The highest BCUT2D eigenvalue weighted by Crippen LogP contribution is 2.26. The fourth-order valence-corrected chi connectivity index (χ4v) is 2.96. The van der Waals surface area contributed by atoms with Gasteiger partial charge in [0, 0.05) is 16.6 Å². The Hall–Kier alpha value is -1.19. The number of aryl methyl sites for hydroxylation is 1. The molecule has 0 aliphatic rings. The van der Waals surface area contributed by atoms with Crippen LogP contribution in [0.2, 0.25) is 0 Å². The summed E-state index contributed by atoms with van der Waals surface area (Å²) in [6.45, 7) is 6.31. The van der Waals surface area contributed by atoms with Crippen LogP contribution >= 0.6 is 15.9 Å². The van der Waals surface area contributed by atoms with Crippen LogP contribution in [0, 0.1) is 12.7 Å². The van der Waals surface area contributed by atoms with Crippen LogP contribution in [0.1, 0.15) is 42.6 Å². The molecular weight excluding hydrogens is 317 g/mol. The lowest BCUT2D eigenvalue weighted by molar-refractivity contribution is 0.492. The van der Waals surface area contributed by atoms with E-state index in [2.05, 4.69) is 66.3 Å². The van der Waals surface area contributed by atoms with Crippen molar-refractivity contribution in [2.24, 2.45) is 0 Å². The maximum absolute atomic E-state index is 13.1. The van der Waals surface area contributed by atoms with Gasteiger partial charge in [-0.15, -0.1) is 0 Å². The average molecular weight is 336 g/mol. The van der Waals surface area contributed by atoms with E-state index >= 15 is 0 Å². The lowest BCUT2D eigenvalue weighted by atomic mass is 10.0. The van der Waals surface area contributed by atoms with Crippen molar-refractivity contribution < 1.29 is 4.39 Å². The van der Waals surface area contributed by atoms with E-state index in [0.29, 0.717) is 0 Å². The predicted molar refractivity (Wildman–Crippen MR) is 85.2 cm³/mol. The molecule has 1 N–H and O–H groups in total. The normalized spacial score (nSPS) is 14.1. The van der Waals surface area contributed by atoms with Crippen molar-refractivity contribution in [3.05, 3.63) is 69.4 Å². The number of benzene rings is 2. The maximum Gasteiger partial charge on any atom is 0.124 e. The van der Waals surface area contributed by atoms with Gasteiger partial charge in [-0.3, -0.25) is 0 Å². The SMILES string of the molecule is Cc1ccc([C@H](C)NC(C)c2ccc(F)cc2Br)cc1. The highest BCUT2D eigenvalue weighted by Gasteiger charge is 2.13. The van der Waals surface area contributed by atoms with Crippen molar-refractivity contribution in [3.63, 3.8) is 0 Å². The third kappa shape index (κ3) is 3.68. The molecule has 2 aromatic carbocycles. The number of nitrogens with one attached hydrogen (secondary N) is 1. The minimum atomic E-state index is -0.223. The quantitative estimate of drug-likeness (QED) is 0.798. The van der Waals surface area contributed by atoms with E-state index in [-0.39, 0.29) is 17.9 Å². The second kappa shape index (κ2) is 6.51. The Morgan fingerprint density at radius 1 is 1.00 bits per heavy atom. The molecule has 0 saturated carbocycles. The standard InChI is InChI=1S/C17H19BrFN/c1-11-4-6-14(7-5-11)12(2)20-13(3)16-9-8-15(19)10-17(16)18/h4-10,12-13,20H,1-3H3/t12-,13?/m0/s1. The van der Waals surface area contributed by atoms with Crippen LogP contribution in [0.15, 0.2) is 46.9 Å². The van der Waals surface area contributed by atoms with Crippen molar-refractivity contribution in [1.29, 1.82) is 0 Å². The Labute approximate surface area is 128 Å². The molecule has 106 valence electrons. The first kappa shape index (κ1) is 15.2. The fraction of sp³-hybridized carbons (Fsp3) is 0.294. The topological polar surface area (TPSA) is 12.0 Å². The Balaban J connectivity index is 2.10. The van der Waals surface area contributed by atoms with E-state index in [9.17, 15) is 4.39 Å². The van der Waals surface area contributed by atoms with Gasteiger partial charge >= 0.3 is 0 Å². The Bertz CT molecular complexity index is 580. The lowest BCUT2D eigenvalue weighted by Gasteiger charge is -2.22. The smallest absolute Gasteiger partial charge is 0.124 e. The van der Waals surface area contributed by atoms with Gasteiger partial charge < -0.3 is 5.32 Å². The highest BCUT2D eigenvalue weighted by molar-refractivity contribution is 9.10. The first-order valence-electron chi connectivity index (χ1n) is 6.75. The maximum atomic E-state index is 13.1. The third-order valence-corrected chi connectivity index (χ3v) is 4.19. The summed E-state index contributed by atoms with van der Waals surface area (Å²) in [5.74, 6) is -0.223. The van der Waals surface area contributed by atoms with E-state index in [1.165, 1.54) is 23.3 Å². The predicted octanol–water partition coefficient (Wildman–Crippen LogP) is 5.31. The van der Waals surface area contributed by atoms with Crippen LogP contribution < -0.4 is 5.32 Å². The summed E-state index contributed by atoms with van der Waals surface area (Å²) >= 11 is 3.42. The molecule has 0 amide bonds. The average Bonchev–Trinajstić information content (AvgIpc) is 2.39. The minimum Gasteiger partial charge on any atom is -0.304 e. The van der Waals surface area contributed by atoms with Gasteiger partial charge in [-0.1, -0.05) is 51.8 Å². The summed E-state index contributed by atoms with van der Waals surface area (Å²) in [6, 6.07) is 13.7. The molecule has 1 unspecified atom stereocenters. The number of rotatable bonds is 4. The van der Waals surface area contributed by atoms with E-state index in [1.54, 1.807) is 0 Å². The fourth-order valence-electron chi connectivity index (χ4n) is 2.27. The summed E-state index contributed by atoms with van der Waals surface area (Å²) in [6.07, 6.45) is 0. The number of halogens is 2. The van der Waals surface area contributed by atoms with Gasteiger partial charge in [-0.25, -0.2) is 4.39 Å². The Morgan fingerprint density at radius 3 is 2.25 bits per heavy atom. The van der Waals surface area contributed by atoms with Crippen molar-refractivity contribution in [1.82, 2.24) is 5.32 Å². The third-order valence-electron chi connectivity index (χ3n) is 3.51. The summed E-state index contributed by atoms with van der Waals surface area (Å²) in [5.41, 5.74) is 3.57. The first-order chi connectivity index (χ1) is 9.47. The molecule has 2 rings (SSSR count). The highest BCUT2D eigenvalue weighted by atomic mass is 79.9. The molecule has 3 heteroatoms. The van der Waals surface area contributed by atoms with Crippen molar-refractivity contribution in [2.45, 2.75) is 32.9 Å². The van der Waals surface area contributed by atoms with E-state index in [4.69, 9.17) is 0 Å². The van der Waals surface area contributed by atoms with Crippen LogP contribution in [0.4, 0.5) is 4.39 Å². The van der Waals surface area contributed by atoms with Crippen LogP contribution in [0.25, 0.3) is 0 Å². The largest absolute Gasteiger partial charge is 0.304 e. The van der Waals surface area contributed by atoms with E-state index in [1.807, 2.05) is 6.07 Å². The van der Waals surface area contributed by atoms with Crippen molar-refractivity contribution >= 4 is 15.9 Å². The molecule has 20 heavy (non-hydrogen) atoms. The van der Waals surface area contributed by atoms with Crippen molar-refractivity contribution in [3.8, 4) is 0 Å². The van der Waals surface area contributed by atoms with Gasteiger partial charge in [0.2, 0.25) is 0 Å². The molecule has 0 aliphatic carbocycles. The molecule has 0 bridgehead atoms. The minimum absolute atomic E-state index is 0.140. The molecule has 0 heterocycles. The second-order valence-electron chi connectivity index (χ2n) is 5.19. The van der Waals surface area contributed by atoms with Crippen LogP contribution in [-0.2, 0) is 0 Å². The van der Waals surface area contributed by atoms with E-state index < -0.39 is 0 Å². The summed E-state index contributed by atoms with van der Waals surface area (Å²) in [5, 5.41) is 3.54. The zero-order valence-electron chi connectivity index (χ0n) is 12.0. The van der Waals surface area contributed by atoms with Crippen LogP contribution in [0.3, 0.4) is 0 Å². The van der Waals surface area contributed by atoms with Crippen molar-refractivity contribution in [2.75, 3.05) is 0 Å². The molecule has 2 aromatic rings. The number of hydrogen-bond acceptors (Lipinski definition) is 1. The second-order valence-corrected chi connectivity index (χ2v) is 6.04. The van der Waals surface area contributed by atoms with E-state index in [0.717, 1.165) is 10.0 Å². The molecule has 0 aliphatic heterocycles. The van der Waals surface area contributed by atoms with Gasteiger partial charge in [0.1, 0.15) is 5.82 Å². The molecule has 0 saturated heterocycles. The summed E-state index contributed by atoms with van der Waals surface area (Å²) < 4.78 is 13.9. The molecule has 2 atom stereocenters. The van der Waals surface area contributed by atoms with Gasteiger partial charge in [-0.05, 0) is 44.0 Å². The molecule has 0 fully saturated rings. The van der Waals surface area contributed by atoms with Gasteiger partial charge in [0.15, 0.2) is 0 Å². The molecule has 0 spiro atoms. The lowest BCUT2D eigenvalue weighted by Crippen LogP contribution is -2.22. The first-order valence-corrected chi connectivity index (χ1v) is 7.54. The van der Waals surface area contributed by atoms with Crippen LogP contribution in [-0.4, -0.2) is 0 Å². The van der Waals surface area contributed by atoms with Gasteiger partial charge in [0.05, 0.1) is 0 Å². The summed E-state index contributed by atoms with van der Waals surface area (Å²) in [7, 11) is 0. The van der Waals surface area contributed by atoms with Gasteiger partial charge in [-0.2, -0.15) is 0 Å². The van der Waals surface area contributed by atoms with Crippen LogP contribution in [0.5, 0.6) is 0 Å². The zero-order valence-corrected chi connectivity index (χ0v) is 13.5. The zero-order chi connectivity index (χ0) is 14.7. The Kier molecular flexibility index (Phi) is 4.95. The molecular formula is C17H19BrFN. The molecule has 1 nitrogen and oxygen atoms in total. The molecule has 0 radical (unpaired) electrons. The summed E-state index contributed by atoms with van der Waals surface area (Å²) in [4.78, 5) is 0. The Morgan fingerprint density at radius 2 is 1.65 bits per heavy atom.